The highest BCUT2D eigenvalue weighted by atomic mass is 17.2. The molecule has 9 nitrogen and oxygen atoms in total. The van der Waals surface area contributed by atoms with Gasteiger partial charge < -0.3 is 4.74 Å². The van der Waals surface area contributed by atoms with Crippen molar-refractivity contribution in [3.8, 4) is 28.5 Å². The lowest BCUT2D eigenvalue weighted by Gasteiger charge is -2.13. The van der Waals surface area contributed by atoms with Crippen molar-refractivity contribution in [1.29, 1.82) is 0 Å². The van der Waals surface area contributed by atoms with Gasteiger partial charge in [-0.2, -0.15) is 4.98 Å². The summed E-state index contributed by atoms with van der Waals surface area (Å²) >= 11 is 0. The van der Waals surface area contributed by atoms with Gasteiger partial charge in [-0.15, -0.1) is 5.10 Å². The van der Waals surface area contributed by atoms with Gasteiger partial charge in [0.25, 0.3) is 6.01 Å². The Morgan fingerprint density at radius 3 is 2.50 bits per heavy atom. The van der Waals surface area contributed by atoms with Crippen molar-refractivity contribution in [2.75, 3.05) is 13.7 Å². The lowest BCUT2D eigenvalue weighted by molar-refractivity contribution is -0.282. The molecule has 1 N–H and O–H groups in total. The van der Waals surface area contributed by atoms with Crippen molar-refractivity contribution in [1.82, 2.24) is 30.2 Å². The van der Waals surface area contributed by atoms with Gasteiger partial charge in [0.1, 0.15) is 6.61 Å². The fourth-order valence-electron chi connectivity index (χ4n) is 4.05. The Morgan fingerprint density at radius 1 is 0.941 bits per heavy atom. The Balaban J connectivity index is 1.49. The number of hydrogen-bond donors (Lipinski definition) is 1. The minimum atomic E-state index is 0.317. The molecule has 0 spiro atoms. The Hall–Kier alpha value is -4.08. The first-order chi connectivity index (χ1) is 16.8. The molecule has 172 valence electrons. The topological polar surface area (TPSA) is 100.0 Å². The predicted molar refractivity (Wildman–Crippen MR) is 127 cm³/mol. The van der Waals surface area contributed by atoms with E-state index in [4.69, 9.17) is 19.5 Å². The summed E-state index contributed by atoms with van der Waals surface area (Å²) in [6.45, 7) is 3.40. The van der Waals surface area contributed by atoms with Crippen LogP contribution in [0.25, 0.3) is 33.5 Å². The number of rotatable bonds is 9. The molecule has 0 aliphatic rings. The van der Waals surface area contributed by atoms with E-state index in [2.05, 4.69) is 55.5 Å². The highest BCUT2D eigenvalue weighted by Crippen LogP contribution is 2.31. The van der Waals surface area contributed by atoms with Gasteiger partial charge in [-0.1, -0.05) is 60.7 Å². The highest BCUT2D eigenvalue weighted by molar-refractivity contribution is 5.81. The number of ether oxygens (including phenoxy) is 1. The molecule has 0 unspecified atom stereocenters. The largest absolute Gasteiger partial charge is 0.465 e. The minimum Gasteiger partial charge on any atom is -0.465 e. The monoisotopic (exact) mass is 456 g/mol. The number of H-pyrrole nitrogens is 1. The predicted octanol–water partition coefficient (Wildman–Crippen LogP) is 4.41. The van der Waals surface area contributed by atoms with E-state index < -0.39 is 0 Å². The maximum atomic E-state index is 5.86. The third kappa shape index (κ3) is 4.26. The van der Waals surface area contributed by atoms with Gasteiger partial charge in [0.2, 0.25) is 0 Å². The number of hydrogen-bond acceptors (Lipinski definition) is 7. The van der Waals surface area contributed by atoms with Crippen LogP contribution in [0.2, 0.25) is 0 Å². The molecule has 0 aliphatic carbocycles. The molecule has 34 heavy (non-hydrogen) atoms. The Kier molecular flexibility index (Phi) is 6.28. The molecule has 0 saturated carbocycles. The van der Waals surface area contributed by atoms with Crippen LogP contribution in [-0.2, 0) is 22.9 Å². The summed E-state index contributed by atoms with van der Waals surface area (Å²) < 4.78 is 7.94. The normalized spacial score (nSPS) is 11.2. The molecule has 2 aromatic heterocycles. The van der Waals surface area contributed by atoms with E-state index in [1.54, 1.807) is 0 Å². The summed E-state index contributed by atoms with van der Waals surface area (Å²) in [5, 5.41) is 14.3. The summed E-state index contributed by atoms with van der Waals surface area (Å²) in [6.07, 6.45) is 0. The van der Waals surface area contributed by atoms with E-state index in [0.29, 0.717) is 31.6 Å². The molecule has 5 rings (SSSR count). The zero-order valence-corrected chi connectivity index (χ0v) is 18.9. The highest BCUT2D eigenvalue weighted by Gasteiger charge is 2.16. The fourth-order valence-corrected chi connectivity index (χ4v) is 4.05. The van der Waals surface area contributed by atoms with E-state index in [9.17, 15) is 0 Å². The number of para-hydroxylation sites is 1. The number of aromatic nitrogens is 6. The Labute approximate surface area is 196 Å². The zero-order chi connectivity index (χ0) is 23.3. The maximum absolute atomic E-state index is 5.86. The van der Waals surface area contributed by atoms with E-state index >= 15 is 0 Å². The second-order valence-electron chi connectivity index (χ2n) is 7.62. The van der Waals surface area contributed by atoms with Crippen LogP contribution in [0, 0.1) is 0 Å². The van der Waals surface area contributed by atoms with Gasteiger partial charge in [-0.25, -0.2) is 14.9 Å². The molecule has 3 aromatic carbocycles. The first-order valence-electron chi connectivity index (χ1n) is 11.0. The Morgan fingerprint density at radius 2 is 1.76 bits per heavy atom. The van der Waals surface area contributed by atoms with Crippen LogP contribution in [-0.4, -0.2) is 43.9 Å². The fraction of sp³-hybridized carbons (Fsp3) is 0.200. The lowest BCUT2D eigenvalue weighted by Crippen LogP contribution is -2.06. The van der Waals surface area contributed by atoms with Crippen molar-refractivity contribution in [2.45, 2.75) is 20.1 Å². The summed E-state index contributed by atoms with van der Waals surface area (Å²) in [4.78, 5) is 14.7. The van der Waals surface area contributed by atoms with Crippen LogP contribution in [0.3, 0.4) is 0 Å². The third-order valence-corrected chi connectivity index (χ3v) is 5.55. The van der Waals surface area contributed by atoms with Gasteiger partial charge in [0, 0.05) is 11.1 Å². The summed E-state index contributed by atoms with van der Waals surface area (Å²) in [7, 11) is 1.50. The van der Waals surface area contributed by atoms with Crippen molar-refractivity contribution in [3.63, 3.8) is 0 Å². The van der Waals surface area contributed by atoms with Crippen LogP contribution in [0.15, 0.2) is 66.7 Å². The standard InChI is InChI=1S/C25H24N6O3/c1-3-33-25-26-22-10-6-7-19(16-34-32-2)23(22)31(25)15-17-11-13-18(14-12-17)20-8-4-5-9-21(20)24-27-29-30-28-24/h4-14H,3,15-16H2,1-2H3,(H,27,28,29,30). The van der Waals surface area contributed by atoms with Gasteiger partial charge in [0.15, 0.2) is 5.82 Å². The third-order valence-electron chi connectivity index (χ3n) is 5.55. The molecule has 5 aromatic rings. The number of imidazole rings is 1. The van der Waals surface area contributed by atoms with Crippen LogP contribution in [0.4, 0.5) is 0 Å². The maximum Gasteiger partial charge on any atom is 0.297 e. The van der Waals surface area contributed by atoms with E-state index in [1.807, 2.05) is 43.3 Å². The lowest BCUT2D eigenvalue weighted by atomic mass is 9.98. The molecule has 0 amide bonds. The molecule has 9 heteroatoms. The number of nitrogens with zero attached hydrogens (tertiary/aromatic N) is 5. The average molecular weight is 457 g/mol. The quantitative estimate of drug-likeness (QED) is 0.259. The van der Waals surface area contributed by atoms with Gasteiger partial charge in [0.05, 0.1) is 31.3 Å². The zero-order valence-electron chi connectivity index (χ0n) is 18.9. The summed E-state index contributed by atoms with van der Waals surface area (Å²) in [6, 6.07) is 23.0. The minimum absolute atomic E-state index is 0.317. The van der Waals surface area contributed by atoms with Crippen LogP contribution in [0.1, 0.15) is 18.1 Å². The molecular formula is C25H24N6O3. The smallest absolute Gasteiger partial charge is 0.297 e. The van der Waals surface area contributed by atoms with Gasteiger partial charge in [-0.3, -0.25) is 4.57 Å². The molecular weight excluding hydrogens is 432 g/mol. The first-order valence-corrected chi connectivity index (χ1v) is 11.0. The average Bonchev–Trinajstić information content (AvgIpc) is 3.53. The second-order valence-corrected chi connectivity index (χ2v) is 7.62. The van der Waals surface area contributed by atoms with Crippen molar-refractivity contribution in [3.05, 3.63) is 77.9 Å². The first kappa shape index (κ1) is 21.7. The molecule has 0 bridgehead atoms. The molecule has 0 radical (unpaired) electrons. The molecule has 0 fully saturated rings. The summed E-state index contributed by atoms with van der Waals surface area (Å²) in [5.41, 5.74) is 6.99. The molecule has 0 aliphatic heterocycles. The number of aromatic amines is 1. The van der Waals surface area contributed by atoms with Crippen molar-refractivity contribution >= 4 is 11.0 Å². The van der Waals surface area contributed by atoms with Gasteiger partial charge >= 0.3 is 0 Å². The van der Waals surface area contributed by atoms with Crippen molar-refractivity contribution in [2.24, 2.45) is 0 Å². The summed E-state index contributed by atoms with van der Waals surface area (Å²) in [5.74, 6) is 0.636. The number of tetrazole rings is 1. The van der Waals surface area contributed by atoms with Crippen LogP contribution in [0.5, 0.6) is 6.01 Å². The number of fused-ring (bicyclic) bond motifs is 1. The van der Waals surface area contributed by atoms with Crippen LogP contribution >= 0.6 is 0 Å². The number of benzene rings is 3. The van der Waals surface area contributed by atoms with Crippen molar-refractivity contribution < 1.29 is 14.5 Å². The Bertz CT molecular complexity index is 1380. The van der Waals surface area contributed by atoms with Crippen LogP contribution < -0.4 is 4.74 Å². The van der Waals surface area contributed by atoms with E-state index in [1.165, 1.54) is 7.11 Å². The second kappa shape index (κ2) is 9.82. The van der Waals surface area contributed by atoms with E-state index in [0.717, 1.165) is 38.9 Å². The molecule has 2 heterocycles. The number of nitrogens with one attached hydrogen (secondary N) is 1. The molecule has 0 saturated heterocycles. The molecule has 0 atom stereocenters. The van der Waals surface area contributed by atoms with Gasteiger partial charge in [-0.05, 0) is 40.1 Å². The van der Waals surface area contributed by atoms with E-state index in [-0.39, 0.29) is 0 Å². The SMILES string of the molecule is CCOc1nc2cccc(COOC)c2n1Cc1ccc(-c2ccccc2-c2nnn[nH]2)cc1.